The van der Waals surface area contributed by atoms with Crippen LogP contribution in [0.5, 0.6) is 0 Å². The van der Waals surface area contributed by atoms with Gasteiger partial charge in [-0.25, -0.2) is 4.79 Å². The second-order valence-electron chi connectivity index (χ2n) is 4.77. The summed E-state index contributed by atoms with van der Waals surface area (Å²) in [6.45, 7) is 5.35. The van der Waals surface area contributed by atoms with E-state index in [1.807, 2.05) is 6.92 Å². The van der Waals surface area contributed by atoms with Crippen LogP contribution in [0.2, 0.25) is 0 Å². The maximum atomic E-state index is 11.8. The number of hydrogen-bond donors (Lipinski definition) is 3. The Kier molecular flexibility index (Phi) is 4.22. The molecule has 0 aromatic carbocycles. The van der Waals surface area contributed by atoms with E-state index in [0.717, 1.165) is 4.57 Å². The number of aliphatic hydroxyl groups is 2. The van der Waals surface area contributed by atoms with Crippen LogP contribution >= 0.6 is 0 Å². The molecule has 4 atom stereocenters. The molecule has 0 amide bonds. The molecule has 7 heteroatoms. The molecule has 0 aliphatic carbocycles. The molecule has 1 aliphatic rings. The first-order valence-electron chi connectivity index (χ1n) is 6.46. The minimum absolute atomic E-state index is 0.290. The first-order valence-corrected chi connectivity index (χ1v) is 6.46. The summed E-state index contributed by atoms with van der Waals surface area (Å²) in [4.78, 5) is 25.6. The van der Waals surface area contributed by atoms with Crippen molar-refractivity contribution in [3.63, 3.8) is 0 Å². The average molecular weight is 282 g/mol. The molecule has 1 aromatic heterocycles. The zero-order chi connectivity index (χ0) is 14.9. The molecular formula is C13H18N2O5. The Bertz CT molecular complexity index is 606. The standard InChI is InChI=1S/C13H18N2O5/c1-3-5-7-6-15(13(19)14-11(7)18)12-10(17)9(16)8(4-2)20-12/h3,6,8-10,12,16-17H,1,4-5H2,2H3,(H,14,18,19)/t8-,9-,10-,12-/m1/s1. The van der Waals surface area contributed by atoms with Gasteiger partial charge in [0.25, 0.3) is 5.56 Å². The van der Waals surface area contributed by atoms with Crippen LogP contribution in [0.25, 0.3) is 0 Å². The molecule has 7 nitrogen and oxygen atoms in total. The van der Waals surface area contributed by atoms with Crippen molar-refractivity contribution in [3.8, 4) is 0 Å². The van der Waals surface area contributed by atoms with Crippen molar-refractivity contribution in [1.29, 1.82) is 0 Å². The van der Waals surface area contributed by atoms with Crippen LogP contribution < -0.4 is 11.2 Å². The summed E-state index contributed by atoms with van der Waals surface area (Å²) in [6, 6.07) is 0. The van der Waals surface area contributed by atoms with E-state index in [2.05, 4.69) is 11.6 Å². The Hall–Kier alpha value is -1.70. The monoisotopic (exact) mass is 282 g/mol. The second-order valence-corrected chi connectivity index (χ2v) is 4.77. The summed E-state index contributed by atoms with van der Waals surface area (Å²) in [5.74, 6) is 0. The van der Waals surface area contributed by atoms with E-state index in [-0.39, 0.29) is 6.42 Å². The van der Waals surface area contributed by atoms with E-state index < -0.39 is 35.8 Å². The predicted molar refractivity (Wildman–Crippen MR) is 71.4 cm³/mol. The van der Waals surface area contributed by atoms with E-state index >= 15 is 0 Å². The third kappa shape index (κ3) is 2.47. The number of aromatic nitrogens is 2. The van der Waals surface area contributed by atoms with Gasteiger partial charge < -0.3 is 14.9 Å². The Morgan fingerprint density at radius 3 is 2.70 bits per heavy atom. The number of H-pyrrole nitrogens is 1. The van der Waals surface area contributed by atoms with Crippen molar-refractivity contribution in [2.24, 2.45) is 0 Å². The fourth-order valence-corrected chi connectivity index (χ4v) is 2.31. The van der Waals surface area contributed by atoms with Gasteiger partial charge in [0.1, 0.15) is 12.2 Å². The highest BCUT2D eigenvalue weighted by atomic mass is 16.6. The Labute approximate surface area is 115 Å². The number of allylic oxidation sites excluding steroid dienone is 1. The summed E-state index contributed by atoms with van der Waals surface area (Å²) in [5, 5.41) is 19.8. The fourth-order valence-electron chi connectivity index (χ4n) is 2.31. The number of ether oxygens (including phenoxy) is 1. The molecule has 1 aliphatic heterocycles. The summed E-state index contributed by atoms with van der Waals surface area (Å²) in [7, 11) is 0. The first kappa shape index (κ1) is 14.7. The zero-order valence-corrected chi connectivity index (χ0v) is 11.2. The highest BCUT2D eigenvalue weighted by Gasteiger charge is 2.43. The lowest BCUT2D eigenvalue weighted by Gasteiger charge is -2.17. The molecule has 2 rings (SSSR count). The smallest absolute Gasteiger partial charge is 0.330 e. The fraction of sp³-hybridized carbons (Fsp3) is 0.538. The van der Waals surface area contributed by atoms with Crippen molar-refractivity contribution in [3.05, 3.63) is 45.3 Å². The Balaban J connectivity index is 2.43. The number of rotatable bonds is 4. The van der Waals surface area contributed by atoms with Crippen LogP contribution in [0.3, 0.4) is 0 Å². The molecule has 0 saturated carbocycles. The summed E-state index contributed by atoms with van der Waals surface area (Å²) in [5.41, 5.74) is -0.841. The highest BCUT2D eigenvalue weighted by molar-refractivity contribution is 5.09. The molecule has 0 unspecified atom stereocenters. The third-order valence-corrected chi connectivity index (χ3v) is 3.42. The third-order valence-electron chi connectivity index (χ3n) is 3.42. The van der Waals surface area contributed by atoms with Gasteiger partial charge in [-0.05, 0) is 12.8 Å². The zero-order valence-electron chi connectivity index (χ0n) is 11.2. The summed E-state index contributed by atoms with van der Waals surface area (Å²) in [6.07, 6.45) is -0.174. The normalized spacial score (nSPS) is 29.6. The quantitative estimate of drug-likeness (QED) is 0.633. The Morgan fingerprint density at radius 2 is 2.15 bits per heavy atom. The van der Waals surface area contributed by atoms with E-state index in [0.29, 0.717) is 12.0 Å². The summed E-state index contributed by atoms with van der Waals surface area (Å²) >= 11 is 0. The topological polar surface area (TPSA) is 105 Å². The first-order chi connectivity index (χ1) is 9.49. The molecule has 20 heavy (non-hydrogen) atoms. The lowest BCUT2D eigenvalue weighted by atomic mass is 10.1. The minimum Gasteiger partial charge on any atom is -0.388 e. The van der Waals surface area contributed by atoms with E-state index in [1.165, 1.54) is 12.3 Å². The van der Waals surface area contributed by atoms with Crippen LogP contribution in [-0.4, -0.2) is 38.1 Å². The number of aromatic amines is 1. The molecule has 2 heterocycles. The molecule has 1 saturated heterocycles. The molecule has 110 valence electrons. The van der Waals surface area contributed by atoms with Crippen molar-refractivity contribution in [2.75, 3.05) is 0 Å². The minimum atomic E-state index is -1.22. The van der Waals surface area contributed by atoms with Crippen LogP contribution in [-0.2, 0) is 11.2 Å². The second kappa shape index (κ2) is 5.74. The van der Waals surface area contributed by atoms with E-state index in [1.54, 1.807) is 0 Å². The molecular weight excluding hydrogens is 264 g/mol. The van der Waals surface area contributed by atoms with Gasteiger partial charge in [0.05, 0.1) is 6.10 Å². The average Bonchev–Trinajstić information content (AvgIpc) is 2.70. The lowest BCUT2D eigenvalue weighted by Crippen LogP contribution is -2.38. The molecule has 3 N–H and O–H groups in total. The van der Waals surface area contributed by atoms with Gasteiger partial charge in [0.15, 0.2) is 6.23 Å². The van der Waals surface area contributed by atoms with Gasteiger partial charge >= 0.3 is 5.69 Å². The molecule has 0 bridgehead atoms. The number of nitrogens with zero attached hydrogens (tertiary/aromatic N) is 1. The van der Waals surface area contributed by atoms with Gasteiger partial charge in [-0.3, -0.25) is 14.3 Å². The van der Waals surface area contributed by atoms with Gasteiger partial charge in [-0.15, -0.1) is 6.58 Å². The number of nitrogens with one attached hydrogen (secondary N) is 1. The molecule has 1 fully saturated rings. The largest absolute Gasteiger partial charge is 0.388 e. The predicted octanol–water partition coefficient (Wildman–Crippen LogP) is -0.706. The lowest BCUT2D eigenvalue weighted by molar-refractivity contribution is -0.0406. The van der Waals surface area contributed by atoms with E-state index in [4.69, 9.17) is 4.74 Å². The van der Waals surface area contributed by atoms with Gasteiger partial charge in [0.2, 0.25) is 0 Å². The maximum absolute atomic E-state index is 11.8. The van der Waals surface area contributed by atoms with E-state index in [9.17, 15) is 19.8 Å². The van der Waals surface area contributed by atoms with Crippen LogP contribution in [0.1, 0.15) is 25.1 Å². The summed E-state index contributed by atoms with van der Waals surface area (Å²) < 4.78 is 6.59. The number of aliphatic hydroxyl groups excluding tert-OH is 2. The van der Waals surface area contributed by atoms with Gasteiger partial charge in [-0.2, -0.15) is 0 Å². The van der Waals surface area contributed by atoms with Gasteiger partial charge in [-0.1, -0.05) is 13.0 Å². The van der Waals surface area contributed by atoms with Crippen molar-refractivity contribution < 1.29 is 14.9 Å². The van der Waals surface area contributed by atoms with Crippen LogP contribution in [0, 0.1) is 0 Å². The van der Waals surface area contributed by atoms with Gasteiger partial charge in [0, 0.05) is 11.8 Å². The maximum Gasteiger partial charge on any atom is 0.330 e. The SMILES string of the molecule is C=CCc1cn([C@@H]2O[C@H](CC)[C@@H](O)[C@H]2O)c(=O)[nH]c1=O. The van der Waals surface area contributed by atoms with Crippen LogP contribution in [0.4, 0.5) is 0 Å². The number of hydrogen-bond acceptors (Lipinski definition) is 5. The molecule has 1 aromatic rings. The van der Waals surface area contributed by atoms with Crippen molar-refractivity contribution in [1.82, 2.24) is 9.55 Å². The van der Waals surface area contributed by atoms with Crippen LogP contribution in [0.15, 0.2) is 28.4 Å². The molecule has 0 spiro atoms. The molecule has 0 radical (unpaired) electrons. The highest BCUT2D eigenvalue weighted by Crippen LogP contribution is 2.29. The van der Waals surface area contributed by atoms with Crippen molar-refractivity contribution in [2.45, 2.75) is 44.3 Å². The van der Waals surface area contributed by atoms with Crippen molar-refractivity contribution >= 4 is 0 Å². The Morgan fingerprint density at radius 1 is 1.45 bits per heavy atom.